The molecule has 2 aliphatic rings. The molecule has 0 aliphatic carbocycles. The van der Waals surface area contributed by atoms with Crippen LogP contribution in [-0.4, -0.2) is 84.0 Å². The lowest BCUT2D eigenvalue weighted by Gasteiger charge is -2.28. The highest BCUT2D eigenvalue weighted by atomic mass is 16.6. The Kier molecular flexibility index (Phi) is 14.5. The predicted molar refractivity (Wildman–Crippen MR) is 224 cm³/mol. The summed E-state index contributed by atoms with van der Waals surface area (Å²) in [6.07, 6.45) is 0.810. The van der Waals surface area contributed by atoms with Crippen molar-refractivity contribution in [3.05, 3.63) is 131 Å². The molecule has 0 unspecified atom stereocenters. The average Bonchev–Trinajstić information content (AvgIpc) is 3.97. The van der Waals surface area contributed by atoms with Gasteiger partial charge in [0.2, 0.25) is 11.8 Å². The summed E-state index contributed by atoms with van der Waals surface area (Å²) >= 11 is 0. The minimum absolute atomic E-state index is 0.152. The molecule has 6 rings (SSSR count). The monoisotopic (exact) mass is 812 g/mol. The molecule has 4 aromatic carbocycles. The van der Waals surface area contributed by atoms with Crippen LogP contribution < -0.4 is 21.3 Å². The summed E-state index contributed by atoms with van der Waals surface area (Å²) in [5, 5.41) is 11.1. The number of rotatable bonds is 12. The molecule has 0 bridgehead atoms. The van der Waals surface area contributed by atoms with Crippen molar-refractivity contribution in [2.24, 2.45) is 0 Å². The number of anilines is 2. The Bertz CT molecular complexity index is 2050. The quantitative estimate of drug-likeness (QED) is 0.128. The molecular formula is C46H48N6O8. The molecule has 2 saturated heterocycles. The third-order valence-corrected chi connectivity index (χ3v) is 10.2. The first-order valence-corrected chi connectivity index (χ1v) is 20.1. The van der Waals surface area contributed by atoms with E-state index in [9.17, 15) is 28.8 Å². The van der Waals surface area contributed by atoms with E-state index in [1.54, 1.807) is 111 Å². The van der Waals surface area contributed by atoms with Crippen molar-refractivity contribution in [2.75, 3.05) is 36.9 Å². The lowest BCUT2D eigenvalue weighted by molar-refractivity contribution is -0.138. The number of hydrogen-bond donors (Lipinski definition) is 4. The van der Waals surface area contributed by atoms with Crippen molar-refractivity contribution < 1.29 is 38.2 Å². The number of amides is 6. The lowest BCUT2D eigenvalue weighted by atomic mass is 10.0. The number of alkyl carbamates (subject to hydrolysis) is 2. The summed E-state index contributed by atoms with van der Waals surface area (Å²) in [7, 11) is 0. The number of carbonyl (C=O) groups is 6. The van der Waals surface area contributed by atoms with E-state index < -0.39 is 36.4 Å². The molecule has 2 fully saturated rings. The van der Waals surface area contributed by atoms with Crippen LogP contribution in [0, 0.1) is 11.8 Å². The summed E-state index contributed by atoms with van der Waals surface area (Å²) in [4.78, 5) is 82.1. The van der Waals surface area contributed by atoms with Gasteiger partial charge in [0, 0.05) is 35.6 Å². The second-order valence-corrected chi connectivity index (χ2v) is 14.2. The van der Waals surface area contributed by atoms with Gasteiger partial charge in [-0.2, -0.15) is 0 Å². The van der Waals surface area contributed by atoms with E-state index in [4.69, 9.17) is 9.47 Å². The van der Waals surface area contributed by atoms with E-state index >= 15 is 0 Å². The lowest BCUT2D eigenvalue weighted by Crippen LogP contribution is -2.48. The van der Waals surface area contributed by atoms with Gasteiger partial charge in [-0.3, -0.25) is 19.2 Å². The summed E-state index contributed by atoms with van der Waals surface area (Å²) in [5.74, 6) is 4.78. The second-order valence-electron chi connectivity index (χ2n) is 14.2. The van der Waals surface area contributed by atoms with E-state index in [-0.39, 0.29) is 36.8 Å². The molecule has 14 nitrogen and oxygen atoms in total. The van der Waals surface area contributed by atoms with Gasteiger partial charge in [-0.15, -0.1) is 0 Å². The molecule has 6 amide bonds. The van der Waals surface area contributed by atoms with Crippen LogP contribution >= 0.6 is 0 Å². The second kappa shape index (κ2) is 20.5. The van der Waals surface area contributed by atoms with E-state index in [1.165, 1.54) is 9.80 Å². The molecule has 60 heavy (non-hydrogen) atoms. The van der Waals surface area contributed by atoms with Gasteiger partial charge in [0.1, 0.15) is 24.2 Å². The SMILES string of the molecule is CCOC(=O)N[C@@H](C(=O)N1CCC[C@H]1C(=O)Nc1ccc(C#Cc2ccc(NC(=O)[C@@H]3CCCN3C(=O)[C@H](NC(=O)OCC)c3ccccc3)cc2)cc1)c1ccccc1. The van der Waals surface area contributed by atoms with Crippen molar-refractivity contribution in [3.8, 4) is 11.8 Å². The molecule has 310 valence electrons. The van der Waals surface area contributed by atoms with Crippen molar-refractivity contribution in [1.82, 2.24) is 20.4 Å². The fourth-order valence-electron chi connectivity index (χ4n) is 7.25. The van der Waals surface area contributed by atoms with Crippen molar-refractivity contribution in [1.29, 1.82) is 0 Å². The third kappa shape index (κ3) is 10.9. The number of nitrogens with one attached hydrogen (secondary N) is 4. The number of ether oxygens (including phenoxy) is 2. The minimum atomic E-state index is -1.01. The summed E-state index contributed by atoms with van der Waals surface area (Å²) in [6.45, 7) is 4.41. The molecule has 4 aromatic rings. The van der Waals surface area contributed by atoms with E-state index in [2.05, 4.69) is 33.1 Å². The van der Waals surface area contributed by atoms with Crippen LogP contribution in [-0.2, 0) is 28.7 Å². The molecule has 2 aliphatic heterocycles. The standard InChI is InChI=1S/C46H48N6O8/c1-3-59-45(57)49-39(33-13-7-5-8-14-33)43(55)51-29-11-17-37(51)41(53)47-35-25-21-31(22-26-35)19-20-32-23-27-36(28-24-32)48-42(54)38-18-12-30-52(38)44(56)40(50-46(58)60-4-2)34-15-9-6-10-16-34/h5-10,13-16,21-28,37-40H,3-4,11-12,17-18,29-30H2,1-2H3,(H,47,53)(H,48,54)(H,49,57)(H,50,58)/t37-,38-,39+,40+/m0/s1. The van der Waals surface area contributed by atoms with Gasteiger partial charge in [0.25, 0.3) is 11.8 Å². The Balaban J connectivity index is 1.03. The fourth-order valence-corrected chi connectivity index (χ4v) is 7.25. The maximum atomic E-state index is 13.8. The number of likely N-dealkylation sites (tertiary alicyclic amines) is 2. The van der Waals surface area contributed by atoms with Crippen LogP contribution in [0.25, 0.3) is 0 Å². The molecule has 2 heterocycles. The number of benzene rings is 4. The van der Waals surface area contributed by atoms with Crippen LogP contribution in [0.5, 0.6) is 0 Å². The summed E-state index contributed by atoms with van der Waals surface area (Å²) in [6, 6.07) is 28.3. The van der Waals surface area contributed by atoms with Crippen LogP contribution in [0.15, 0.2) is 109 Å². The number of carbonyl (C=O) groups excluding carboxylic acids is 6. The van der Waals surface area contributed by atoms with E-state index in [1.807, 2.05) is 12.1 Å². The van der Waals surface area contributed by atoms with Crippen molar-refractivity contribution in [2.45, 2.75) is 63.7 Å². The normalized spacial score (nSPS) is 16.6. The van der Waals surface area contributed by atoms with Crippen molar-refractivity contribution in [3.63, 3.8) is 0 Å². The topological polar surface area (TPSA) is 175 Å². The van der Waals surface area contributed by atoms with Crippen LogP contribution in [0.1, 0.15) is 73.9 Å². The highest BCUT2D eigenvalue weighted by molar-refractivity contribution is 6.00. The van der Waals surface area contributed by atoms with Gasteiger partial charge in [-0.25, -0.2) is 9.59 Å². The van der Waals surface area contributed by atoms with E-state index in [0.717, 1.165) is 0 Å². The Hall–Kier alpha value is -7.14. The smallest absolute Gasteiger partial charge is 0.408 e. The Morgan fingerprint density at radius 3 is 1.28 bits per heavy atom. The first-order chi connectivity index (χ1) is 29.1. The molecular weight excluding hydrogens is 765 g/mol. The first-order valence-electron chi connectivity index (χ1n) is 20.1. The van der Waals surface area contributed by atoms with Crippen LogP contribution in [0.2, 0.25) is 0 Å². The van der Waals surface area contributed by atoms with Gasteiger partial charge in [-0.05, 0) is 99.2 Å². The molecule has 0 radical (unpaired) electrons. The van der Waals surface area contributed by atoms with Crippen LogP contribution in [0.3, 0.4) is 0 Å². The van der Waals surface area contributed by atoms with Gasteiger partial charge in [-0.1, -0.05) is 72.5 Å². The zero-order valence-corrected chi connectivity index (χ0v) is 33.5. The zero-order valence-electron chi connectivity index (χ0n) is 33.5. The Morgan fingerprint density at radius 2 is 0.933 bits per heavy atom. The highest BCUT2D eigenvalue weighted by Gasteiger charge is 2.40. The molecule has 4 atom stereocenters. The molecule has 0 saturated carbocycles. The van der Waals surface area contributed by atoms with Gasteiger partial charge in [0.05, 0.1) is 13.2 Å². The number of hydrogen-bond acceptors (Lipinski definition) is 8. The molecule has 4 N–H and O–H groups in total. The highest BCUT2D eigenvalue weighted by Crippen LogP contribution is 2.27. The Labute approximate surface area is 349 Å². The average molecular weight is 813 g/mol. The largest absolute Gasteiger partial charge is 0.450 e. The van der Waals surface area contributed by atoms with Gasteiger partial charge in [0.15, 0.2) is 0 Å². The molecule has 0 spiro atoms. The minimum Gasteiger partial charge on any atom is -0.450 e. The molecule has 0 aromatic heterocycles. The summed E-state index contributed by atoms with van der Waals surface area (Å²) < 4.78 is 10.1. The maximum Gasteiger partial charge on any atom is 0.408 e. The fraction of sp³-hybridized carbons (Fsp3) is 0.304. The third-order valence-electron chi connectivity index (χ3n) is 10.2. The summed E-state index contributed by atoms with van der Waals surface area (Å²) in [5.41, 5.74) is 3.67. The van der Waals surface area contributed by atoms with Crippen LogP contribution in [0.4, 0.5) is 21.0 Å². The predicted octanol–water partition coefficient (Wildman–Crippen LogP) is 5.92. The Morgan fingerprint density at radius 1 is 0.567 bits per heavy atom. The first kappa shape index (κ1) is 42.5. The maximum absolute atomic E-state index is 13.8. The number of nitrogens with zero attached hydrogens (tertiary/aromatic N) is 2. The van der Waals surface area contributed by atoms with Gasteiger partial charge < -0.3 is 40.5 Å². The van der Waals surface area contributed by atoms with E-state index in [0.29, 0.717) is 72.4 Å². The van der Waals surface area contributed by atoms with Crippen molar-refractivity contribution >= 4 is 47.2 Å². The molecule has 14 heteroatoms. The zero-order chi connectivity index (χ0) is 42.4. The van der Waals surface area contributed by atoms with Gasteiger partial charge >= 0.3 is 12.2 Å².